The molecular formula is C12H6Br4N2OS. The van der Waals surface area contributed by atoms with Crippen molar-refractivity contribution in [1.82, 2.24) is 9.97 Å². The zero-order valence-corrected chi connectivity index (χ0v) is 16.8. The summed E-state index contributed by atoms with van der Waals surface area (Å²) in [4.78, 5) is 18.1. The number of alkyl halides is 1. The van der Waals surface area contributed by atoms with Crippen LogP contribution < -0.4 is 5.69 Å². The molecule has 2 N–H and O–H groups in total. The lowest BCUT2D eigenvalue weighted by Gasteiger charge is -2.10. The van der Waals surface area contributed by atoms with Crippen molar-refractivity contribution in [2.24, 2.45) is 0 Å². The van der Waals surface area contributed by atoms with Crippen LogP contribution in [0.2, 0.25) is 0 Å². The Kier molecular flexibility index (Phi) is 4.29. The first-order chi connectivity index (χ1) is 9.45. The number of aromatic nitrogens is 2. The molecule has 0 aliphatic rings. The Morgan fingerprint density at radius 1 is 1.00 bits per heavy atom. The summed E-state index contributed by atoms with van der Waals surface area (Å²) in [6, 6.07) is 5.96. The molecular weight excluding hydrogens is 540 g/mol. The summed E-state index contributed by atoms with van der Waals surface area (Å²) in [6.07, 6.45) is 0. The third-order valence-electron chi connectivity index (χ3n) is 2.82. The minimum Gasteiger partial charge on any atom is -0.306 e. The minimum absolute atomic E-state index is 0.0484. The van der Waals surface area contributed by atoms with Crippen LogP contribution in [-0.4, -0.2) is 9.97 Å². The van der Waals surface area contributed by atoms with E-state index in [0.717, 1.165) is 29.3 Å². The Morgan fingerprint density at radius 3 is 2.25 bits per heavy atom. The first-order valence-electron chi connectivity index (χ1n) is 5.46. The molecule has 0 bridgehead atoms. The Morgan fingerprint density at radius 2 is 1.65 bits per heavy atom. The number of hydrogen-bond acceptors (Lipinski definition) is 2. The van der Waals surface area contributed by atoms with Gasteiger partial charge in [0.15, 0.2) is 0 Å². The number of nitrogens with one attached hydrogen (secondary N) is 2. The van der Waals surface area contributed by atoms with Gasteiger partial charge in [-0.2, -0.15) is 0 Å². The van der Waals surface area contributed by atoms with Crippen LogP contribution in [0.3, 0.4) is 0 Å². The molecule has 0 saturated heterocycles. The average Bonchev–Trinajstić information content (AvgIpc) is 2.90. The second kappa shape index (κ2) is 5.72. The predicted octanol–water partition coefficient (Wildman–Crippen LogP) is 5.69. The second-order valence-corrected chi connectivity index (χ2v) is 9.16. The van der Waals surface area contributed by atoms with Gasteiger partial charge in [-0.25, -0.2) is 4.79 Å². The van der Waals surface area contributed by atoms with Gasteiger partial charge in [0.1, 0.15) is 0 Å². The molecule has 104 valence electrons. The number of halogens is 4. The quantitative estimate of drug-likeness (QED) is 0.400. The van der Waals surface area contributed by atoms with E-state index in [1.807, 2.05) is 12.1 Å². The summed E-state index contributed by atoms with van der Waals surface area (Å²) in [5, 5.41) is 0. The summed E-state index contributed by atoms with van der Waals surface area (Å²) in [7, 11) is 0. The number of rotatable bonds is 2. The summed E-state index contributed by atoms with van der Waals surface area (Å²) < 4.78 is 3.04. The van der Waals surface area contributed by atoms with Crippen molar-refractivity contribution in [3.05, 3.63) is 51.9 Å². The lowest BCUT2D eigenvalue weighted by Crippen LogP contribution is -1.99. The smallest absolute Gasteiger partial charge is 0.306 e. The Balaban J connectivity index is 2.12. The maximum absolute atomic E-state index is 11.4. The monoisotopic (exact) mass is 542 g/mol. The lowest BCUT2D eigenvalue weighted by molar-refractivity contribution is 1.21. The van der Waals surface area contributed by atoms with Crippen LogP contribution in [0.25, 0.3) is 11.0 Å². The van der Waals surface area contributed by atoms with Crippen molar-refractivity contribution in [2.75, 3.05) is 0 Å². The molecule has 2 heterocycles. The summed E-state index contributed by atoms with van der Waals surface area (Å²) >= 11 is 15.9. The fourth-order valence-corrected chi connectivity index (χ4v) is 5.67. The van der Waals surface area contributed by atoms with Gasteiger partial charge in [-0.3, -0.25) is 0 Å². The van der Waals surface area contributed by atoms with Gasteiger partial charge in [0.25, 0.3) is 0 Å². The molecule has 3 aromatic rings. The SMILES string of the molecule is O=c1[nH]c2cc(Br)c(C(Br)c3cc(Br)c(Br)s3)cc2[nH]1. The minimum atomic E-state index is -0.197. The first kappa shape index (κ1) is 15.0. The van der Waals surface area contributed by atoms with Gasteiger partial charge in [0, 0.05) is 13.8 Å². The van der Waals surface area contributed by atoms with Crippen LogP contribution >= 0.6 is 75.1 Å². The number of thiophene rings is 1. The van der Waals surface area contributed by atoms with Crippen molar-refractivity contribution in [1.29, 1.82) is 0 Å². The van der Waals surface area contributed by atoms with E-state index in [1.165, 1.54) is 4.88 Å². The fourth-order valence-electron chi connectivity index (χ4n) is 1.91. The van der Waals surface area contributed by atoms with Crippen LogP contribution in [0, 0.1) is 0 Å². The second-order valence-electron chi connectivity index (χ2n) is 4.13. The van der Waals surface area contributed by atoms with Crippen molar-refractivity contribution >= 4 is 86.1 Å². The number of benzene rings is 1. The maximum Gasteiger partial charge on any atom is 0.323 e. The van der Waals surface area contributed by atoms with Crippen LogP contribution in [0.5, 0.6) is 0 Å². The molecule has 0 aliphatic heterocycles. The first-order valence-corrected chi connectivity index (χ1v) is 9.57. The van der Waals surface area contributed by atoms with Crippen molar-refractivity contribution in [3.63, 3.8) is 0 Å². The van der Waals surface area contributed by atoms with Crippen molar-refractivity contribution in [2.45, 2.75) is 4.83 Å². The number of H-pyrrole nitrogens is 2. The normalized spacial score (nSPS) is 13.0. The van der Waals surface area contributed by atoms with Crippen LogP contribution in [-0.2, 0) is 0 Å². The molecule has 3 nitrogen and oxygen atoms in total. The molecule has 0 radical (unpaired) electrons. The van der Waals surface area contributed by atoms with E-state index in [1.54, 1.807) is 11.3 Å². The molecule has 2 aromatic heterocycles. The van der Waals surface area contributed by atoms with Gasteiger partial charge in [-0.15, -0.1) is 11.3 Å². The lowest BCUT2D eigenvalue weighted by atomic mass is 10.1. The van der Waals surface area contributed by atoms with E-state index in [4.69, 9.17) is 0 Å². The molecule has 0 aliphatic carbocycles. The van der Waals surface area contributed by atoms with Gasteiger partial charge < -0.3 is 9.97 Å². The van der Waals surface area contributed by atoms with Gasteiger partial charge in [0.2, 0.25) is 0 Å². The highest BCUT2D eigenvalue weighted by Crippen LogP contribution is 2.43. The average molecular weight is 546 g/mol. The topological polar surface area (TPSA) is 48.6 Å². The van der Waals surface area contributed by atoms with Gasteiger partial charge in [0.05, 0.1) is 19.6 Å². The maximum atomic E-state index is 11.4. The third-order valence-corrected chi connectivity index (χ3v) is 8.12. The molecule has 1 unspecified atom stereocenters. The summed E-state index contributed by atoms with van der Waals surface area (Å²) in [6.45, 7) is 0. The number of hydrogen-bond donors (Lipinski definition) is 2. The van der Waals surface area contributed by atoms with E-state index in [0.29, 0.717) is 0 Å². The van der Waals surface area contributed by atoms with Crippen molar-refractivity contribution in [3.8, 4) is 0 Å². The molecule has 3 rings (SSSR count). The number of imidazole rings is 1. The van der Waals surface area contributed by atoms with E-state index in [9.17, 15) is 4.79 Å². The molecule has 0 fully saturated rings. The highest BCUT2D eigenvalue weighted by molar-refractivity contribution is 9.13. The van der Waals surface area contributed by atoms with E-state index < -0.39 is 0 Å². The molecule has 1 aromatic carbocycles. The summed E-state index contributed by atoms with van der Waals surface area (Å²) in [5.41, 5.74) is 2.46. The van der Waals surface area contributed by atoms with Gasteiger partial charge in [-0.05, 0) is 55.6 Å². The zero-order valence-electron chi connectivity index (χ0n) is 9.64. The van der Waals surface area contributed by atoms with Crippen LogP contribution in [0.1, 0.15) is 15.3 Å². The van der Waals surface area contributed by atoms with Crippen LogP contribution in [0.15, 0.2) is 35.7 Å². The van der Waals surface area contributed by atoms with E-state index in [2.05, 4.69) is 79.8 Å². The zero-order chi connectivity index (χ0) is 14.4. The standard InChI is InChI=1S/C12H6Br4N2OS/c13-5-2-8-7(17-12(19)18-8)1-4(5)10(15)9-3-6(14)11(16)20-9/h1-3,10H,(H2,17,18,19). The Hall–Kier alpha value is 0.110. The fraction of sp³-hybridized carbons (Fsp3) is 0.0833. The van der Waals surface area contributed by atoms with Gasteiger partial charge in [-0.1, -0.05) is 31.9 Å². The molecule has 0 saturated carbocycles. The third kappa shape index (κ3) is 2.72. The molecule has 0 amide bonds. The molecule has 20 heavy (non-hydrogen) atoms. The number of aromatic amines is 2. The summed E-state index contributed by atoms with van der Waals surface area (Å²) in [5.74, 6) is 0. The molecule has 1 atom stereocenters. The Labute approximate surface area is 151 Å². The molecule has 0 spiro atoms. The highest BCUT2D eigenvalue weighted by atomic mass is 79.9. The largest absolute Gasteiger partial charge is 0.323 e. The van der Waals surface area contributed by atoms with E-state index in [-0.39, 0.29) is 10.5 Å². The van der Waals surface area contributed by atoms with E-state index >= 15 is 0 Å². The Bertz CT molecular complexity index is 831. The molecule has 8 heteroatoms. The highest BCUT2D eigenvalue weighted by Gasteiger charge is 2.18. The predicted molar refractivity (Wildman–Crippen MR) is 97.1 cm³/mol. The number of fused-ring (bicyclic) bond motifs is 1. The van der Waals surface area contributed by atoms with Crippen LogP contribution in [0.4, 0.5) is 0 Å². The van der Waals surface area contributed by atoms with Gasteiger partial charge >= 0.3 is 5.69 Å². The van der Waals surface area contributed by atoms with Crippen molar-refractivity contribution < 1.29 is 0 Å².